The molecule has 0 saturated carbocycles. The number of hydrogen-bond acceptors (Lipinski definition) is 4. The van der Waals surface area contributed by atoms with Crippen molar-refractivity contribution in [1.82, 2.24) is 0 Å². The van der Waals surface area contributed by atoms with Crippen molar-refractivity contribution in [1.29, 1.82) is 0 Å². The van der Waals surface area contributed by atoms with E-state index < -0.39 is 30.5 Å². The van der Waals surface area contributed by atoms with Gasteiger partial charge in [0, 0.05) is 0 Å². The van der Waals surface area contributed by atoms with E-state index in [-0.39, 0.29) is 5.88 Å². The minimum Gasteiger partial charge on any atom is -0.389 e. The largest absolute Gasteiger partial charge is 0.389 e. The Hall–Kier alpha value is 0.130. The van der Waals surface area contributed by atoms with Gasteiger partial charge in [-0.1, -0.05) is 0 Å². The molecule has 0 spiro atoms. The topological polar surface area (TPSA) is 69.9 Å². The lowest BCUT2D eigenvalue weighted by molar-refractivity contribution is -0.0533. The lowest BCUT2D eigenvalue weighted by atomic mass is 10.1. The first-order chi connectivity index (χ1) is 5.57. The highest BCUT2D eigenvalue weighted by molar-refractivity contribution is 6.18. The van der Waals surface area contributed by atoms with Crippen molar-refractivity contribution in [3.05, 3.63) is 0 Å². The van der Waals surface area contributed by atoms with Crippen LogP contribution in [-0.4, -0.2) is 51.7 Å². The molecule has 2 unspecified atom stereocenters. The van der Waals surface area contributed by atoms with Gasteiger partial charge >= 0.3 is 0 Å². The summed E-state index contributed by atoms with van der Waals surface area (Å²) in [6, 6.07) is 0. The number of hydrogen-bond donors (Lipinski definition) is 3. The first kappa shape index (κ1) is 10.2. The van der Waals surface area contributed by atoms with Crippen molar-refractivity contribution < 1.29 is 20.1 Å². The van der Waals surface area contributed by atoms with Crippen LogP contribution in [0.1, 0.15) is 6.92 Å². The van der Waals surface area contributed by atoms with Crippen molar-refractivity contribution in [2.24, 2.45) is 0 Å². The molecule has 72 valence electrons. The zero-order valence-electron chi connectivity index (χ0n) is 6.72. The molecule has 5 heteroatoms. The summed E-state index contributed by atoms with van der Waals surface area (Å²) in [7, 11) is 0. The van der Waals surface area contributed by atoms with Crippen LogP contribution in [0.5, 0.6) is 0 Å². The summed E-state index contributed by atoms with van der Waals surface area (Å²) in [5.74, 6) is -0.0127. The molecule has 1 aliphatic rings. The fourth-order valence-electron chi connectivity index (χ4n) is 1.29. The highest BCUT2D eigenvalue weighted by atomic mass is 35.5. The third-order valence-corrected chi connectivity index (χ3v) is 2.39. The quantitative estimate of drug-likeness (QED) is 0.501. The fraction of sp³-hybridized carbons (Fsp3) is 1.00. The number of alkyl halides is 1. The van der Waals surface area contributed by atoms with Gasteiger partial charge in [-0.3, -0.25) is 0 Å². The zero-order chi connectivity index (χ0) is 9.30. The number of halogens is 1. The molecule has 0 amide bonds. The lowest BCUT2D eigenvalue weighted by Crippen LogP contribution is -2.39. The maximum Gasteiger partial charge on any atom is 0.113 e. The van der Waals surface area contributed by atoms with Gasteiger partial charge in [-0.25, -0.2) is 0 Å². The molecule has 4 nitrogen and oxygen atoms in total. The van der Waals surface area contributed by atoms with Crippen LogP contribution >= 0.6 is 11.6 Å². The van der Waals surface area contributed by atoms with Gasteiger partial charge in [-0.05, 0) is 6.92 Å². The maximum absolute atomic E-state index is 9.34. The lowest BCUT2D eigenvalue weighted by Gasteiger charge is -2.18. The Morgan fingerprint density at radius 1 is 1.42 bits per heavy atom. The number of aliphatic hydroxyl groups is 3. The molecule has 0 aromatic heterocycles. The van der Waals surface area contributed by atoms with E-state index in [0.717, 1.165) is 0 Å². The second kappa shape index (κ2) is 3.89. The van der Waals surface area contributed by atoms with E-state index >= 15 is 0 Å². The summed E-state index contributed by atoms with van der Waals surface area (Å²) in [6.07, 6.45) is -4.14. The average Bonchev–Trinajstić information content (AvgIpc) is 2.32. The van der Waals surface area contributed by atoms with Gasteiger partial charge in [0.25, 0.3) is 0 Å². The third kappa shape index (κ3) is 1.72. The highest BCUT2D eigenvalue weighted by Gasteiger charge is 2.43. The molecule has 0 aromatic rings. The SMILES string of the molecule is C[C@@H]1O[C@H](C(O)CCl)[C@@H](O)C1O. The first-order valence-corrected chi connectivity index (χ1v) is 4.37. The van der Waals surface area contributed by atoms with Crippen molar-refractivity contribution in [3.63, 3.8) is 0 Å². The smallest absolute Gasteiger partial charge is 0.113 e. The van der Waals surface area contributed by atoms with E-state index in [0.29, 0.717) is 0 Å². The van der Waals surface area contributed by atoms with E-state index in [2.05, 4.69) is 0 Å². The number of aliphatic hydroxyl groups excluding tert-OH is 3. The van der Waals surface area contributed by atoms with Crippen LogP contribution in [0, 0.1) is 0 Å². The molecular formula is C7H13ClO4. The Labute approximate surface area is 75.7 Å². The van der Waals surface area contributed by atoms with Gasteiger partial charge in [-0.2, -0.15) is 0 Å². The van der Waals surface area contributed by atoms with Gasteiger partial charge < -0.3 is 20.1 Å². The molecule has 1 aliphatic heterocycles. The van der Waals surface area contributed by atoms with Crippen LogP contribution in [0.15, 0.2) is 0 Å². The van der Waals surface area contributed by atoms with Crippen molar-refractivity contribution >= 4 is 11.6 Å². The van der Waals surface area contributed by atoms with Gasteiger partial charge in [0.1, 0.15) is 18.3 Å². The summed E-state index contributed by atoms with van der Waals surface area (Å²) >= 11 is 5.37. The molecule has 1 saturated heterocycles. The summed E-state index contributed by atoms with van der Waals surface area (Å²) in [4.78, 5) is 0. The maximum atomic E-state index is 9.34. The normalized spacial score (nSPS) is 44.8. The molecule has 0 bridgehead atoms. The van der Waals surface area contributed by atoms with E-state index in [1.807, 2.05) is 0 Å². The molecule has 0 aliphatic carbocycles. The van der Waals surface area contributed by atoms with Gasteiger partial charge in [0.15, 0.2) is 0 Å². The van der Waals surface area contributed by atoms with Crippen LogP contribution in [0.2, 0.25) is 0 Å². The molecule has 1 rings (SSSR count). The monoisotopic (exact) mass is 196 g/mol. The standard InChI is InChI=1S/C7H13ClO4/c1-3-5(10)6(11)7(12-3)4(9)2-8/h3-7,9-11H,2H2,1H3/t3-,4?,5?,6-,7+/m0/s1. The summed E-state index contributed by atoms with van der Waals surface area (Å²) < 4.78 is 5.10. The second-order valence-electron chi connectivity index (χ2n) is 3.01. The van der Waals surface area contributed by atoms with Crippen LogP contribution < -0.4 is 0 Å². The molecule has 5 atom stereocenters. The third-order valence-electron chi connectivity index (χ3n) is 2.08. The Morgan fingerprint density at radius 3 is 2.33 bits per heavy atom. The van der Waals surface area contributed by atoms with Gasteiger partial charge in [0.05, 0.1) is 18.1 Å². The predicted octanol–water partition coefficient (Wildman–Crippen LogP) is -0.905. The van der Waals surface area contributed by atoms with Crippen LogP contribution in [0.4, 0.5) is 0 Å². The van der Waals surface area contributed by atoms with Crippen LogP contribution in [0.3, 0.4) is 0 Å². The molecule has 0 aromatic carbocycles. The molecule has 12 heavy (non-hydrogen) atoms. The fourth-order valence-corrected chi connectivity index (χ4v) is 1.46. The summed E-state index contributed by atoms with van der Waals surface area (Å²) in [6.45, 7) is 1.63. The van der Waals surface area contributed by atoms with Crippen LogP contribution in [-0.2, 0) is 4.74 Å². The average molecular weight is 197 g/mol. The number of ether oxygens (including phenoxy) is 1. The second-order valence-corrected chi connectivity index (χ2v) is 3.32. The van der Waals surface area contributed by atoms with Gasteiger partial charge in [-0.15, -0.1) is 11.6 Å². The Kier molecular flexibility index (Phi) is 3.31. The molecule has 1 heterocycles. The highest BCUT2D eigenvalue weighted by Crippen LogP contribution is 2.23. The van der Waals surface area contributed by atoms with E-state index in [1.165, 1.54) is 0 Å². The summed E-state index contributed by atoms with van der Waals surface area (Å²) in [5, 5.41) is 27.8. The predicted molar refractivity (Wildman–Crippen MR) is 43.1 cm³/mol. The van der Waals surface area contributed by atoms with E-state index in [9.17, 15) is 15.3 Å². The Morgan fingerprint density at radius 2 is 2.00 bits per heavy atom. The molecule has 0 radical (unpaired) electrons. The van der Waals surface area contributed by atoms with E-state index in [1.54, 1.807) is 6.92 Å². The zero-order valence-corrected chi connectivity index (χ0v) is 7.48. The van der Waals surface area contributed by atoms with Crippen molar-refractivity contribution in [3.8, 4) is 0 Å². The minimum absolute atomic E-state index is 0.0127. The minimum atomic E-state index is -1.05. The molecular weight excluding hydrogens is 184 g/mol. The Balaban J connectivity index is 2.58. The van der Waals surface area contributed by atoms with Crippen molar-refractivity contribution in [2.75, 3.05) is 5.88 Å². The van der Waals surface area contributed by atoms with E-state index in [4.69, 9.17) is 16.3 Å². The molecule has 3 N–H and O–H groups in total. The molecule has 1 fully saturated rings. The Bertz CT molecular complexity index is 154. The van der Waals surface area contributed by atoms with Crippen LogP contribution in [0.25, 0.3) is 0 Å². The number of rotatable bonds is 2. The van der Waals surface area contributed by atoms with Gasteiger partial charge in [0.2, 0.25) is 0 Å². The van der Waals surface area contributed by atoms with Crippen molar-refractivity contribution in [2.45, 2.75) is 37.4 Å². The first-order valence-electron chi connectivity index (χ1n) is 3.83. The summed E-state index contributed by atoms with van der Waals surface area (Å²) in [5.41, 5.74) is 0.